The van der Waals surface area contributed by atoms with E-state index < -0.39 is 0 Å². The average Bonchev–Trinajstić information content (AvgIpc) is 3.45. The second kappa shape index (κ2) is 10.5. The van der Waals surface area contributed by atoms with Gasteiger partial charge in [-0.25, -0.2) is 0 Å². The molecule has 0 amide bonds. The Morgan fingerprint density at radius 1 is 0.467 bits per heavy atom. The van der Waals surface area contributed by atoms with E-state index in [0.717, 1.165) is 23.5 Å². The molecule has 0 fully saturated rings. The van der Waals surface area contributed by atoms with E-state index in [1.165, 1.54) is 61.2 Å². The minimum absolute atomic E-state index is 0.0587. The van der Waals surface area contributed by atoms with E-state index in [-0.39, 0.29) is 11.8 Å². The van der Waals surface area contributed by atoms with Gasteiger partial charge in [-0.3, -0.25) is 9.97 Å². The molecule has 7 aromatic rings. The monoisotopic (exact) mass is 574 g/mol. The first-order valence-electron chi connectivity index (χ1n) is 15.7. The van der Waals surface area contributed by atoms with Crippen molar-refractivity contribution in [3.05, 3.63) is 191 Å². The number of benzene rings is 5. The van der Waals surface area contributed by atoms with Crippen molar-refractivity contribution < 1.29 is 0 Å². The van der Waals surface area contributed by atoms with Crippen molar-refractivity contribution in [3.63, 3.8) is 0 Å². The molecule has 2 atom stereocenters. The molecule has 2 aliphatic carbocycles. The highest BCUT2D eigenvalue weighted by Crippen LogP contribution is 2.53. The van der Waals surface area contributed by atoms with Crippen molar-refractivity contribution in [2.24, 2.45) is 0 Å². The predicted molar refractivity (Wildman–Crippen MR) is 183 cm³/mol. The number of pyridine rings is 2. The minimum atomic E-state index is 0.0587. The molecule has 5 aromatic carbocycles. The van der Waals surface area contributed by atoms with E-state index in [2.05, 4.69) is 138 Å². The van der Waals surface area contributed by atoms with Gasteiger partial charge in [0, 0.05) is 12.1 Å². The van der Waals surface area contributed by atoms with Crippen molar-refractivity contribution in [1.29, 1.82) is 0 Å². The third-order valence-corrected chi connectivity index (χ3v) is 9.62. The third kappa shape index (κ3) is 4.33. The zero-order chi connectivity index (χ0) is 29.7. The summed E-state index contributed by atoms with van der Waals surface area (Å²) >= 11 is 0. The molecule has 2 heteroatoms. The van der Waals surface area contributed by atoms with Crippen LogP contribution in [-0.2, 0) is 6.42 Å². The Kier molecular flexibility index (Phi) is 6.05. The molecule has 0 N–H and O–H groups in total. The smallest absolute Gasteiger partial charge is 0.0889 e. The summed E-state index contributed by atoms with van der Waals surface area (Å²) in [5.41, 5.74) is 17.5. The SMILES string of the molecule is c1ccc(-c2ccc([C@@H]3Cc4ccccc4-c4cc5c(cc43)C(c3cccc(-c4ccccn4)n3)c3ccccc3-5)cc2)cc1. The Morgan fingerprint density at radius 2 is 1.18 bits per heavy atom. The summed E-state index contributed by atoms with van der Waals surface area (Å²) in [6.07, 6.45) is 2.82. The Morgan fingerprint density at radius 3 is 2.02 bits per heavy atom. The topological polar surface area (TPSA) is 25.8 Å². The van der Waals surface area contributed by atoms with Gasteiger partial charge in [0.15, 0.2) is 0 Å². The number of hydrogen-bond donors (Lipinski definition) is 0. The highest BCUT2D eigenvalue weighted by molar-refractivity contribution is 5.87. The van der Waals surface area contributed by atoms with Gasteiger partial charge in [0.2, 0.25) is 0 Å². The summed E-state index contributed by atoms with van der Waals surface area (Å²) in [5, 5.41) is 0. The summed E-state index contributed by atoms with van der Waals surface area (Å²) in [5.74, 6) is 0.325. The number of rotatable bonds is 4. The molecule has 9 rings (SSSR count). The molecule has 0 saturated carbocycles. The molecule has 0 bridgehead atoms. The van der Waals surface area contributed by atoms with E-state index in [1.54, 1.807) is 0 Å². The molecule has 0 aliphatic heterocycles. The molecule has 0 saturated heterocycles. The van der Waals surface area contributed by atoms with Gasteiger partial charge in [0.1, 0.15) is 0 Å². The third-order valence-electron chi connectivity index (χ3n) is 9.62. The van der Waals surface area contributed by atoms with Gasteiger partial charge in [0.25, 0.3) is 0 Å². The summed E-state index contributed by atoms with van der Waals surface area (Å²) in [6.45, 7) is 0. The van der Waals surface area contributed by atoms with Gasteiger partial charge in [-0.2, -0.15) is 0 Å². The summed E-state index contributed by atoms with van der Waals surface area (Å²) < 4.78 is 0. The first-order valence-corrected chi connectivity index (χ1v) is 15.7. The number of fused-ring (bicyclic) bond motifs is 6. The molecule has 2 heterocycles. The fourth-order valence-electron chi connectivity index (χ4n) is 7.50. The minimum Gasteiger partial charge on any atom is -0.255 e. The van der Waals surface area contributed by atoms with Crippen LogP contribution in [0.4, 0.5) is 0 Å². The fraction of sp³-hybridized carbons (Fsp3) is 0.0698. The molecule has 1 unspecified atom stereocenters. The van der Waals surface area contributed by atoms with Crippen LogP contribution >= 0.6 is 0 Å². The van der Waals surface area contributed by atoms with Crippen molar-refractivity contribution in [2.75, 3.05) is 0 Å². The van der Waals surface area contributed by atoms with Gasteiger partial charge in [-0.05, 0) is 98.0 Å². The predicted octanol–water partition coefficient (Wildman–Crippen LogP) is 10.3. The van der Waals surface area contributed by atoms with Crippen LogP contribution in [0.15, 0.2) is 158 Å². The molecular formula is C43H30N2. The van der Waals surface area contributed by atoms with Gasteiger partial charge in [-0.1, -0.05) is 121 Å². The maximum atomic E-state index is 5.22. The van der Waals surface area contributed by atoms with Crippen molar-refractivity contribution in [2.45, 2.75) is 18.3 Å². The van der Waals surface area contributed by atoms with Crippen LogP contribution in [-0.4, -0.2) is 9.97 Å². The quantitative estimate of drug-likeness (QED) is 0.209. The van der Waals surface area contributed by atoms with Crippen LogP contribution < -0.4 is 0 Å². The molecule has 0 radical (unpaired) electrons. The normalized spacial score (nSPS) is 15.9. The molecule has 212 valence electrons. The largest absolute Gasteiger partial charge is 0.255 e. The van der Waals surface area contributed by atoms with Crippen LogP contribution in [0, 0.1) is 0 Å². The van der Waals surface area contributed by atoms with Gasteiger partial charge in [-0.15, -0.1) is 0 Å². The van der Waals surface area contributed by atoms with Crippen molar-refractivity contribution >= 4 is 0 Å². The van der Waals surface area contributed by atoms with Gasteiger partial charge < -0.3 is 0 Å². The Bertz CT molecular complexity index is 2180. The van der Waals surface area contributed by atoms with Crippen LogP contribution in [0.1, 0.15) is 45.3 Å². The first-order chi connectivity index (χ1) is 22.3. The van der Waals surface area contributed by atoms with E-state index in [4.69, 9.17) is 4.98 Å². The van der Waals surface area contributed by atoms with Crippen molar-refractivity contribution in [3.8, 4) is 44.8 Å². The zero-order valence-electron chi connectivity index (χ0n) is 24.8. The molecule has 0 spiro atoms. The highest BCUT2D eigenvalue weighted by atomic mass is 14.8. The van der Waals surface area contributed by atoms with E-state index in [0.29, 0.717) is 0 Å². The summed E-state index contributed by atoms with van der Waals surface area (Å²) in [7, 11) is 0. The van der Waals surface area contributed by atoms with Gasteiger partial charge in [0.05, 0.1) is 23.0 Å². The second-order valence-corrected chi connectivity index (χ2v) is 12.1. The molecule has 2 aromatic heterocycles. The van der Waals surface area contributed by atoms with E-state index in [1.807, 2.05) is 24.4 Å². The number of aromatic nitrogens is 2. The van der Waals surface area contributed by atoms with Crippen LogP contribution in [0.25, 0.3) is 44.8 Å². The lowest BCUT2D eigenvalue weighted by Crippen LogP contribution is -2.14. The lowest BCUT2D eigenvalue weighted by molar-refractivity contribution is 0.790. The average molecular weight is 575 g/mol. The Labute approximate surface area is 263 Å². The molecule has 2 aliphatic rings. The standard InChI is InChI=1S/C43H30N2/c1-2-11-28(12-3-1)29-20-22-30(23-21-29)35-25-31-13-4-5-14-32(31)36-26-37-33-15-6-7-16-34(33)43(39(37)27-38(35)36)42-19-10-18-41(45-42)40-17-8-9-24-44-40/h1-24,26-27,35,43H,25H2/t35-,43?/m0/s1. The summed E-state index contributed by atoms with van der Waals surface area (Å²) in [6, 6.07) is 55.0. The second-order valence-electron chi connectivity index (χ2n) is 12.1. The maximum absolute atomic E-state index is 5.22. The van der Waals surface area contributed by atoms with Crippen LogP contribution in [0.3, 0.4) is 0 Å². The van der Waals surface area contributed by atoms with Crippen LogP contribution in [0.2, 0.25) is 0 Å². The Balaban J connectivity index is 1.21. The van der Waals surface area contributed by atoms with Gasteiger partial charge >= 0.3 is 0 Å². The van der Waals surface area contributed by atoms with E-state index in [9.17, 15) is 0 Å². The Hall–Kier alpha value is -5.60. The molecule has 2 nitrogen and oxygen atoms in total. The number of nitrogens with zero attached hydrogens (tertiary/aromatic N) is 2. The van der Waals surface area contributed by atoms with Crippen molar-refractivity contribution in [1.82, 2.24) is 9.97 Å². The first kappa shape index (κ1) is 25.9. The molecule has 45 heavy (non-hydrogen) atoms. The van der Waals surface area contributed by atoms with E-state index >= 15 is 0 Å². The lowest BCUT2D eigenvalue weighted by atomic mass is 9.74. The maximum Gasteiger partial charge on any atom is 0.0889 e. The summed E-state index contributed by atoms with van der Waals surface area (Å²) in [4.78, 5) is 9.81. The van der Waals surface area contributed by atoms with Crippen LogP contribution in [0.5, 0.6) is 0 Å². The fourth-order valence-corrected chi connectivity index (χ4v) is 7.50. The highest BCUT2D eigenvalue weighted by Gasteiger charge is 2.35. The zero-order valence-corrected chi connectivity index (χ0v) is 24.8. The lowest BCUT2D eigenvalue weighted by Gasteiger charge is -2.30. The molecular weight excluding hydrogens is 544 g/mol. The number of hydrogen-bond acceptors (Lipinski definition) is 2.